The molecule has 2 nitrogen and oxygen atoms in total. The van der Waals surface area contributed by atoms with Gasteiger partial charge in [-0.2, -0.15) is 0 Å². The van der Waals surface area contributed by atoms with Gasteiger partial charge in [0.1, 0.15) is 9.52 Å². The summed E-state index contributed by atoms with van der Waals surface area (Å²) in [7, 11) is 0.597. The van der Waals surface area contributed by atoms with Gasteiger partial charge >= 0.3 is 0 Å². The predicted octanol–water partition coefficient (Wildman–Crippen LogP) is 5.91. The van der Waals surface area contributed by atoms with Gasteiger partial charge in [0.2, 0.25) is 0 Å². The van der Waals surface area contributed by atoms with E-state index in [4.69, 9.17) is 16.3 Å². The summed E-state index contributed by atoms with van der Waals surface area (Å²) in [6.45, 7) is 2.72. The normalized spacial score (nSPS) is 10.8. The van der Waals surface area contributed by atoms with Crippen molar-refractivity contribution < 1.29 is 4.74 Å². The third-order valence-corrected chi connectivity index (χ3v) is 6.09. The third-order valence-electron chi connectivity index (χ3n) is 4.14. The number of halogens is 2. The average Bonchev–Trinajstić information content (AvgIpc) is 2.68. The van der Waals surface area contributed by atoms with E-state index in [0.29, 0.717) is 22.4 Å². The van der Waals surface area contributed by atoms with E-state index in [9.17, 15) is 0 Å². The number of aryl methyl sites for hydroxylation is 1. The number of rotatable bonds is 8. The quantitative estimate of drug-likeness (QED) is 0.334. The molecular formula is C22H21BrClNOSi. The lowest BCUT2D eigenvalue weighted by Gasteiger charge is -2.09. The van der Waals surface area contributed by atoms with Crippen LogP contribution < -0.4 is 10.5 Å². The Morgan fingerprint density at radius 2 is 1.81 bits per heavy atom. The SMILES string of the molecule is CCc1ccc([Si]COCc2cccc(Nc3ccc(Br)cc3)c2)cc1Cl. The maximum Gasteiger partial charge on any atom is 0.114 e. The molecule has 0 heterocycles. The minimum absolute atomic E-state index is 0.597. The highest BCUT2D eigenvalue weighted by Crippen LogP contribution is 2.20. The molecule has 0 aliphatic rings. The molecule has 0 aromatic heterocycles. The molecule has 0 amide bonds. The Bertz CT molecular complexity index is 886. The summed E-state index contributed by atoms with van der Waals surface area (Å²) in [5.74, 6) is 0. The molecule has 0 atom stereocenters. The highest BCUT2D eigenvalue weighted by Gasteiger charge is 2.02. The van der Waals surface area contributed by atoms with Crippen LogP contribution in [-0.4, -0.2) is 15.7 Å². The minimum atomic E-state index is 0.597. The van der Waals surface area contributed by atoms with Crippen LogP contribution in [0.1, 0.15) is 18.1 Å². The molecule has 138 valence electrons. The number of hydrogen-bond acceptors (Lipinski definition) is 2. The summed E-state index contributed by atoms with van der Waals surface area (Å²) < 4.78 is 6.95. The zero-order chi connectivity index (χ0) is 19.1. The zero-order valence-corrected chi connectivity index (χ0v) is 18.5. The molecule has 3 aromatic rings. The van der Waals surface area contributed by atoms with Gasteiger partial charge in [-0.25, -0.2) is 0 Å². The van der Waals surface area contributed by atoms with E-state index in [0.717, 1.165) is 32.9 Å². The van der Waals surface area contributed by atoms with E-state index in [2.05, 4.69) is 64.6 Å². The van der Waals surface area contributed by atoms with Crippen LogP contribution in [0.15, 0.2) is 71.2 Å². The molecule has 0 fully saturated rings. The van der Waals surface area contributed by atoms with Gasteiger partial charge in [-0.15, -0.1) is 0 Å². The number of nitrogens with one attached hydrogen (secondary N) is 1. The summed E-state index contributed by atoms with van der Waals surface area (Å²) in [5.41, 5.74) is 4.47. The molecule has 27 heavy (non-hydrogen) atoms. The van der Waals surface area contributed by atoms with Crippen molar-refractivity contribution in [1.82, 2.24) is 0 Å². The van der Waals surface area contributed by atoms with Crippen molar-refractivity contribution in [2.24, 2.45) is 0 Å². The first-order chi connectivity index (χ1) is 13.1. The molecule has 0 saturated carbocycles. The van der Waals surface area contributed by atoms with Crippen molar-refractivity contribution >= 4 is 53.6 Å². The van der Waals surface area contributed by atoms with Gasteiger partial charge in [-0.1, -0.05) is 63.9 Å². The Kier molecular flexibility index (Phi) is 7.53. The monoisotopic (exact) mass is 457 g/mol. The third kappa shape index (κ3) is 6.21. The first-order valence-electron chi connectivity index (χ1n) is 8.85. The summed E-state index contributed by atoms with van der Waals surface area (Å²) in [5, 5.41) is 5.51. The Morgan fingerprint density at radius 3 is 2.56 bits per heavy atom. The molecule has 0 saturated heterocycles. The van der Waals surface area contributed by atoms with Crippen molar-refractivity contribution in [3.05, 3.63) is 87.4 Å². The number of anilines is 2. The van der Waals surface area contributed by atoms with Gasteiger partial charge in [0.05, 0.1) is 6.61 Å². The number of hydrogen-bond donors (Lipinski definition) is 1. The maximum atomic E-state index is 6.28. The van der Waals surface area contributed by atoms with Crippen molar-refractivity contribution in [3.63, 3.8) is 0 Å². The first-order valence-corrected chi connectivity index (χ1v) is 11.2. The lowest BCUT2D eigenvalue weighted by Crippen LogP contribution is -2.19. The summed E-state index contributed by atoms with van der Waals surface area (Å²) >= 11 is 9.74. The molecular weight excluding hydrogens is 438 g/mol. The van der Waals surface area contributed by atoms with Gasteiger partial charge in [0.15, 0.2) is 0 Å². The van der Waals surface area contributed by atoms with Gasteiger partial charge in [0.25, 0.3) is 0 Å². The molecule has 0 spiro atoms. The summed E-state index contributed by atoms with van der Waals surface area (Å²) in [6.07, 6.45) is 1.66. The van der Waals surface area contributed by atoms with Crippen LogP contribution in [0.3, 0.4) is 0 Å². The molecule has 1 N–H and O–H groups in total. The zero-order valence-electron chi connectivity index (χ0n) is 15.1. The molecule has 3 rings (SSSR count). The Labute approximate surface area is 176 Å². The fourth-order valence-corrected chi connectivity index (χ4v) is 4.17. The lowest BCUT2D eigenvalue weighted by molar-refractivity contribution is 0.164. The van der Waals surface area contributed by atoms with Crippen molar-refractivity contribution in [3.8, 4) is 0 Å². The second-order valence-corrected chi connectivity index (χ2v) is 8.70. The van der Waals surface area contributed by atoms with E-state index in [-0.39, 0.29) is 0 Å². The maximum absolute atomic E-state index is 6.28. The largest absolute Gasteiger partial charge is 0.380 e. The van der Waals surface area contributed by atoms with Gasteiger partial charge < -0.3 is 10.1 Å². The second-order valence-electron chi connectivity index (χ2n) is 6.16. The lowest BCUT2D eigenvalue weighted by atomic mass is 10.2. The van der Waals surface area contributed by atoms with E-state index >= 15 is 0 Å². The molecule has 0 aliphatic carbocycles. The first kappa shape index (κ1) is 20.1. The Balaban J connectivity index is 1.49. The van der Waals surface area contributed by atoms with E-state index < -0.39 is 0 Å². The highest BCUT2D eigenvalue weighted by molar-refractivity contribution is 9.10. The van der Waals surface area contributed by atoms with Gasteiger partial charge in [0, 0.05) is 27.1 Å². The van der Waals surface area contributed by atoms with Crippen molar-refractivity contribution in [2.45, 2.75) is 20.0 Å². The van der Waals surface area contributed by atoms with E-state index in [1.54, 1.807) is 0 Å². The van der Waals surface area contributed by atoms with Crippen LogP contribution in [0.4, 0.5) is 11.4 Å². The molecule has 2 radical (unpaired) electrons. The van der Waals surface area contributed by atoms with Crippen LogP contribution >= 0.6 is 27.5 Å². The molecule has 5 heteroatoms. The molecule has 0 bridgehead atoms. The van der Waals surface area contributed by atoms with Crippen molar-refractivity contribution in [2.75, 3.05) is 11.5 Å². The van der Waals surface area contributed by atoms with Crippen molar-refractivity contribution in [1.29, 1.82) is 0 Å². The van der Waals surface area contributed by atoms with Crippen LogP contribution in [0.2, 0.25) is 5.02 Å². The van der Waals surface area contributed by atoms with Gasteiger partial charge in [-0.3, -0.25) is 0 Å². The van der Waals surface area contributed by atoms with Crippen LogP contribution in [0.5, 0.6) is 0 Å². The second kappa shape index (κ2) is 10.1. The highest BCUT2D eigenvalue weighted by atomic mass is 79.9. The summed E-state index contributed by atoms with van der Waals surface area (Å²) in [6, 6.07) is 22.8. The fourth-order valence-electron chi connectivity index (χ4n) is 2.69. The predicted molar refractivity (Wildman–Crippen MR) is 120 cm³/mol. The smallest absolute Gasteiger partial charge is 0.114 e. The minimum Gasteiger partial charge on any atom is -0.380 e. The topological polar surface area (TPSA) is 21.3 Å². The van der Waals surface area contributed by atoms with E-state index in [1.807, 2.05) is 30.3 Å². The molecule has 0 unspecified atom stereocenters. The Morgan fingerprint density at radius 1 is 1.00 bits per heavy atom. The Hall–Kier alpha value is -1.59. The fraction of sp³-hybridized carbons (Fsp3) is 0.182. The summed E-state index contributed by atoms with van der Waals surface area (Å²) in [4.78, 5) is 0. The van der Waals surface area contributed by atoms with Crippen LogP contribution in [0.25, 0.3) is 0 Å². The van der Waals surface area contributed by atoms with Crippen LogP contribution in [-0.2, 0) is 17.8 Å². The molecule has 0 aliphatic heterocycles. The van der Waals surface area contributed by atoms with E-state index in [1.165, 1.54) is 10.8 Å². The number of ether oxygens (including phenoxy) is 1. The number of benzene rings is 3. The van der Waals surface area contributed by atoms with Gasteiger partial charge in [-0.05, 0) is 60.0 Å². The standard InChI is InChI=1S/C22H21BrClNOSi/c1-2-17-6-11-21(13-22(17)24)27-15-26-14-16-4-3-5-20(12-16)25-19-9-7-18(23)8-10-19/h3-13,25H,2,14-15H2,1H3. The average molecular weight is 459 g/mol. The molecule has 3 aromatic carbocycles. The van der Waals surface area contributed by atoms with Crippen LogP contribution in [0, 0.1) is 0 Å².